The van der Waals surface area contributed by atoms with E-state index in [1.165, 1.54) is 13.0 Å². The van der Waals surface area contributed by atoms with Crippen LogP contribution < -0.4 is 4.90 Å². The van der Waals surface area contributed by atoms with Crippen molar-refractivity contribution in [1.29, 1.82) is 0 Å². The van der Waals surface area contributed by atoms with Crippen LogP contribution in [-0.4, -0.2) is 48.7 Å². The number of halogens is 1. The number of benzene rings is 3. The minimum atomic E-state index is -0.438. The molecule has 6 nitrogen and oxygen atoms in total. The van der Waals surface area contributed by atoms with Crippen LogP contribution >= 0.6 is 0 Å². The van der Waals surface area contributed by atoms with Crippen LogP contribution in [0.5, 0.6) is 0 Å². The second kappa shape index (κ2) is 9.33. The minimum Gasteiger partial charge on any atom is -0.454 e. The molecule has 0 bridgehead atoms. The summed E-state index contributed by atoms with van der Waals surface area (Å²) in [5.41, 5.74) is 3.50. The predicted octanol–water partition coefficient (Wildman–Crippen LogP) is 4.44. The van der Waals surface area contributed by atoms with Crippen LogP contribution in [0.2, 0.25) is 0 Å². The Morgan fingerprint density at radius 2 is 1.63 bits per heavy atom. The number of esters is 1. The van der Waals surface area contributed by atoms with Crippen molar-refractivity contribution >= 4 is 23.3 Å². The maximum atomic E-state index is 14.5. The third-order valence-corrected chi connectivity index (χ3v) is 6.66. The lowest BCUT2D eigenvalue weighted by molar-refractivity contribution is 0.0252. The van der Waals surface area contributed by atoms with Gasteiger partial charge in [-0.25, -0.2) is 9.18 Å². The fourth-order valence-corrected chi connectivity index (χ4v) is 4.70. The fraction of sp³-hybridized carbons (Fsp3) is 0.250. The van der Waals surface area contributed by atoms with Crippen LogP contribution in [0.25, 0.3) is 0 Å². The summed E-state index contributed by atoms with van der Waals surface area (Å²) < 4.78 is 20.2. The summed E-state index contributed by atoms with van der Waals surface area (Å²) in [6.45, 7) is 3.26. The summed E-state index contributed by atoms with van der Waals surface area (Å²) in [6, 6.07) is 19.2. The first kappa shape index (κ1) is 22.8. The van der Waals surface area contributed by atoms with Crippen molar-refractivity contribution in [3.63, 3.8) is 0 Å². The second-order valence-electron chi connectivity index (χ2n) is 8.88. The molecule has 0 N–H and O–H groups in total. The van der Waals surface area contributed by atoms with Gasteiger partial charge in [0.15, 0.2) is 5.78 Å². The maximum absolute atomic E-state index is 14.5. The highest BCUT2D eigenvalue weighted by Gasteiger charge is 2.30. The number of ether oxygens (including phenoxy) is 1. The Morgan fingerprint density at radius 1 is 0.914 bits per heavy atom. The smallest absolute Gasteiger partial charge is 0.339 e. The number of carbonyl (C=O) groups excluding carboxylic acids is 3. The van der Waals surface area contributed by atoms with Gasteiger partial charge in [0.2, 0.25) is 0 Å². The third-order valence-electron chi connectivity index (χ3n) is 6.66. The standard InChI is InChI=1S/C28H25FN2O4/c1-18(32)20-8-10-25(24(29)16-20)30-11-13-31(14-12-30)27(33)21-7-9-23-22(15-21)17-26(35-28(23)34)19-5-3-2-4-6-19/h2-10,15-16,26H,11-14,17H2,1H3. The van der Waals surface area contributed by atoms with E-state index in [2.05, 4.69) is 0 Å². The lowest BCUT2D eigenvalue weighted by Crippen LogP contribution is -2.49. The lowest BCUT2D eigenvalue weighted by atomic mass is 9.93. The number of fused-ring (bicyclic) bond motifs is 1. The molecule has 0 radical (unpaired) electrons. The van der Waals surface area contributed by atoms with Crippen LogP contribution in [-0.2, 0) is 11.2 Å². The number of anilines is 1. The molecule has 1 fully saturated rings. The topological polar surface area (TPSA) is 66.9 Å². The van der Waals surface area contributed by atoms with Gasteiger partial charge in [0, 0.05) is 43.7 Å². The van der Waals surface area contributed by atoms with Crippen molar-refractivity contribution < 1.29 is 23.5 Å². The molecule has 1 atom stereocenters. The SMILES string of the molecule is CC(=O)c1ccc(N2CCN(C(=O)c3ccc4c(c3)CC(c3ccccc3)OC4=O)CC2)c(F)c1. The molecule has 1 amide bonds. The second-order valence-corrected chi connectivity index (χ2v) is 8.88. The molecule has 1 saturated heterocycles. The highest BCUT2D eigenvalue weighted by Crippen LogP contribution is 2.31. The van der Waals surface area contributed by atoms with Crippen molar-refractivity contribution in [1.82, 2.24) is 4.90 Å². The first-order chi connectivity index (χ1) is 16.9. The van der Waals surface area contributed by atoms with E-state index in [4.69, 9.17) is 4.74 Å². The molecule has 2 heterocycles. The first-order valence-electron chi connectivity index (χ1n) is 11.6. The summed E-state index contributed by atoms with van der Waals surface area (Å²) in [5, 5.41) is 0. The quantitative estimate of drug-likeness (QED) is 0.415. The summed E-state index contributed by atoms with van der Waals surface area (Å²) in [4.78, 5) is 40.9. The zero-order valence-corrected chi connectivity index (χ0v) is 19.4. The number of rotatable bonds is 4. The summed E-state index contributed by atoms with van der Waals surface area (Å²) in [5.74, 6) is -1.12. The molecule has 0 aliphatic carbocycles. The summed E-state index contributed by atoms with van der Waals surface area (Å²) >= 11 is 0. The number of hydrogen-bond acceptors (Lipinski definition) is 5. The first-order valence-corrected chi connectivity index (χ1v) is 11.6. The Bertz CT molecular complexity index is 1300. The lowest BCUT2D eigenvalue weighted by Gasteiger charge is -2.36. The highest BCUT2D eigenvalue weighted by molar-refractivity contribution is 5.98. The number of cyclic esters (lactones) is 1. The van der Waals surface area contributed by atoms with Crippen molar-refractivity contribution in [2.24, 2.45) is 0 Å². The maximum Gasteiger partial charge on any atom is 0.339 e. The normalized spacial score (nSPS) is 17.5. The van der Waals surface area contributed by atoms with Crippen LogP contribution in [0.1, 0.15) is 55.2 Å². The average Bonchev–Trinajstić information content (AvgIpc) is 2.88. The van der Waals surface area contributed by atoms with E-state index in [0.717, 1.165) is 11.1 Å². The number of carbonyl (C=O) groups is 3. The monoisotopic (exact) mass is 472 g/mol. The van der Waals surface area contributed by atoms with Crippen LogP contribution in [0.3, 0.4) is 0 Å². The number of ketones is 1. The highest BCUT2D eigenvalue weighted by atomic mass is 19.1. The largest absolute Gasteiger partial charge is 0.454 e. The Balaban J connectivity index is 1.28. The molecule has 35 heavy (non-hydrogen) atoms. The molecule has 178 valence electrons. The number of nitrogens with zero attached hydrogens (tertiary/aromatic N) is 2. The van der Waals surface area contributed by atoms with Crippen LogP contribution in [0.15, 0.2) is 66.7 Å². The minimum absolute atomic E-state index is 0.116. The van der Waals surface area contributed by atoms with Crippen molar-refractivity contribution in [3.05, 3.63) is 100 Å². The molecule has 3 aromatic carbocycles. The molecule has 2 aliphatic rings. The molecule has 3 aromatic rings. The van der Waals surface area contributed by atoms with E-state index in [9.17, 15) is 18.8 Å². The third kappa shape index (κ3) is 4.54. The predicted molar refractivity (Wildman–Crippen MR) is 129 cm³/mol. The number of amides is 1. The van der Waals surface area contributed by atoms with E-state index in [1.54, 1.807) is 35.2 Å². The van der Waals surface area contributed by atoms with E-state index >= 15 is 0 Å². The molecule has 5 rings (SSSR count). The zero-order valence-electron chi connectivity index (χ0n) is 19.4. The molecule has 2 aliphatic heterocycles. The van der Waals surface area contributed by atoms with Gasteiger partial charge in [0.1, 0.15) is 11.9 Å². The molecule has 0 aromatic heterocycles. The summed E-state index contributed by atoms with van der Waals surface area (Å²) in [7, 11) is 0. The van der Waals surface area contributed by atoms with Crippen molar-refractivity contribution in [2.75, 3.05) is 31.1 Å². The number of Topliss-reactive ketones (excluding diaryl/α,β-unsaturated/α-hetero) is 1. The molecular weight excluding hydrogens is 447 g/mol. The van der Waals surface area contributed by atoms with E-state index in [-0.39, 0.29) is 23.8 Å². The van der Waals surface area contributed by atoms with Gasteiger partial charge >= 0.3 is 5.97 Å². The average molecular weight is 473 g/mol. The summed E-state index contributed by atoms with van der Waals surface area (Å²) in [6.07, 6.45) is 0.129. The molecule has 0 saturated carbocycles. The molecule has 7 heteroatoms. The molecule has 1 unspecified atom stereocenters. The number of piperazine rings is 1. The van der Waals surface area contributed by atoms with Gasteiger partial charge in [0.05, 0.1) is 11.3 Å². The van der Waals surface area contributed by atoms with E-state index in [1.807, 2.05) is 35.2 Å². The van der Waals surface area contributed by atoms with Gasteiger partial charge in [-0.3, -0.25) is 9.59 Å². The fourth-order valence-electron chi connectivity index (χ4n) is 4.70. The van der Waals surface area contributed by atoms with Crippen LogP contribution in [0, 0.1) is 5.82 Å². The van der Waals surface area contributed by atoms with Gasteiger partial charge in [-0.15, -0.1) is 0 Å². The Kier molecular flexibility index (Phi) is 6.07. The Labute approximate surface area is 202 Å². The Morgan fingerprint density at radius 3 is 2.31 bits per heavy atom. The Hall–Kier alpha value is -4.00. The van der Waals surface area contributed by atoms with Gasteiger partial charge in [-0.2, -0.15) is 0 Å². The zero-order chi connectivity index (χ0) is 24.5. The van der Waals surface area contributed by atoms with Crippen molar-refractivity contribution in [2.45, 2.75) is 19.4 Å². The molecule has 0 spiro atoms. The van der Waals surface area contributed by atoms with Crippen LogP contribution in [0.4, 0.5) is 10.1 Å². The van der Waals surface area contributed by atoms with E-state index < -0.39 is 5.82 Å². The van der Waals surface area contributed by atoms with Gasteiger partial charge in [-0.05, 0) is 54.4 Å². The van der Waals surface area contributed by atoms with Crippen molar-refractivity contribution in [3.8, 4) is 0 Å². The van der Waals surface area contributed by atoms with Gasteiger partial charge in [0.25, 0.3) is 5.91 Å². The van der Waals surface area contributed by atoms with E-state index in [0.29, 0.717) is 55.0 Å². The van der Waals surface area contributed by atoms with Gasteiger partial charge < -0.3 is 14.5 Å². The van der Waals surface area contributed by atoms with Gasteiger partial charge in [-0.1, -0.05) is 30.3 Å². The number of hydrogen-bond donors (Lipinski definition) is 0. The molecular formula is C28H25FN2O4.